The second-order valence-corrected chi connectivity index (χ2v) is 6.90. The molecule has 1 aliphatic heterocycles. The molecule has 0 saturated carbocycles. The number of nitrogens with zero attached hydrogens (tertiary/aromatic N) is 1. The van der Waals surface area contributed by atoms with Crippen molar-refractivity contribution in [3.8, 4) is 0 Å². The number of para-hydroxylation sites is 2. The van der Waals surface area contributed by atoms with Crippen molar-refractivity contribution < 1.29 is 9.59 Å². The van der Waals surface area contributed by atoms with Gasteiger partial charge in [-0.25, -0.2) is 0 Å². The molecule has 2 aromatic carbocycles. The molecule has 3 rings (SSSR count). The van der Waals surface area contributed by atoms with Crippen molar-refractivity contribution in [3.05, 3.63) is 60.2 Å². The van der Waals surface area contributed by atoms with Crippen LogP contribution in [0.2, 0.25) is 0 Å². The summed E-state index contributed by atoms with van der Waals surface area (Å²) in [6.45, 7) is 4.48. The van der Waals surface area contributed by atoms with E-state index in [9.17, 15) is 9.59 Å². The van der Waals surface area contributed by atoms with Crippen LogP contribution in [0.4, 0.5) is 11.4 Å². The Kier molecular flexibility index (Phi) is 6.02. The van der Waals surface area contributed by atoms with Crippen molar-refractivity contribution in [2.45, 2.75) is 19.8 Å². The lowest BCUT2D eigenvalue weighted by molar-refractivity contribution is -0.117. The van der Waals surface area contributed by atoms with Gasteiger partial charge in [-0.05, 0) is 49.6 Å². The number of carbonyl (C=O) groups excluding carboxylic acids is 2. The smallest absolute Gasteiger partial charge is 0.257 e. The van der Waals surface area contributed by atoms with E-state index in [1.807, 2.05) is 36.4 Å². The minimum Gasteiger partial charge on any atom is -0.324 e. The largest absolute Gasteiger partial charge is 0.324 e. The molecule has 2 aromatic rings. The molecule has 2 amide bonds. The summed E-state index contributed by atoms with van der Waals surface area (Å²) in [5.41, 5.74) is 1.72. The van der Waals surface area contributed by atoms with E-state index in [1.165, 1.54) is 6.42 Å². The van der Waals surface area contributed by atoms with Gasteiger partial charge in [-0.15, -0.1) is 0 Å². The summed E-state index contributed by atoms with van der Waals surface area (Å²) in [6.07, 6.45) is 2.35. The molecule has 1 fully saturated rings. The second kappa shape index (κ2) is 8.63. The Labute approximate surface area is 154 Å². The van der Waals surface area contributed by atoms with Crippen LogP contribution in [-0.2, 0) is 4.79 Å². The minimum atomic E-state index is -0.237. The van der Waals surface area contributed by atoms with Gasteiger partial charge in [0.05, 0.1) is 17.8 Å². The van der Waals surface area contributed by atoms with Crippen LogP contribution in [0.25, 0.3) is 0 Å². The molecule has 5 nitrogen and oxygen atoms in total. The number of hydrogen-bond acceptors (Lipinski definition) is 3. The molecule has 136 valence electrons. The van der Waals surface area contributed by atoms with Gasteiger partial charge < -0.3 is 10.6 Å². The van der Waals surface area contributed by atoms with E-state index in [4.69, 9.17) is 0 Å². The van der Waals surface area contributed by atoms with Crippen molar-refractivity contribution in [1.82, 2.24) is 4.90 Å². The third kappa shape index (κ3) is 4.92. The highest BCUT2D eigenvalue weighted by Gasteiger charge is 2.19. The number of anilines is 2. The number of carbonyl (C=O) groups is 2. The van der Waals surface area contributed by atoms with Gasteiger partial charge in [0.1, 0.15) is 0 Å². The number of piperidine rings is 1. The molecule has 1 saturated heterocycles. The van der Waals surface area contributed by atoms with E-state index in [0.717, 1.165) is 25.2 Å². The molecule has 0 aliphatic carbocycles. The fraction of sp³-hybridized carbons (Fsp3) is 0.333. The predicted octanol–water partition coefficient (Wildman–Crippen LogP) is 3.61. The van der Waals surface area contributed by atoms with Gasteiger partial charge in [0, 0.05) is 12.2 Å². The number of rotatable bonds is 5. The Balaban J connectivity index is 1.65. The van der Waals surface area contributed by atoms with Crippen molar-refractivity contribution in [1.29, 1.82) is 0 Å². The van der Waals surface area contributed by atoms with Crippen LogP contribution in [0, 0.1) is 5.92 Å². The van der Waals surface area contributed by atoms with Crippen LogP contribution in [0.3, 0.4) is 0 Å². The summed E-state index contributed by atoms with van der Waals surface area (Å²) in [7, 11) is 0. The SMILES string of the molecule is C[C@@H]1CCCN(CC(=O)Nc2ccccc2C(=O)Nc2ccccc2)C1. The lowest BCUT2D eigenvalue weighted by Gasteiger charge is -2.30. The number of amides is 2. The van der Waals surface area contributed by atoms with Crippen molar-refractivity contribution in [2.24, 2.45) is 5.92 Å². The summed E-state index contributed by atoms with van der Waals surface area (Å²) in [5, 5.41) is 5.76. The van der Waals surface area contributed by atoms with Gasteiger partial charge in [0.25, 0.3) is 5.91 Å². The predicted molar refractivity (Wildman–Crippen MR) is 104 cm³/mol. The Morgan fingerprint density at radius 3 is 2.54 bits per heavy atom. The molecule has 1 heterocycles. The zero-order chi connectivity index (χ0) is 18.4. The number of benzene rings is 2. The molecule has 0 radical (unpaired) electrons. The van der Waals surface area contributed by atoms with Gasteiger partial charge >= 0.3 is 0 Å². The summed E-state index contributed by atoms with van der Waals surface area (Å²) in [6, 6.07) is 16.4. The summed E-state index contributed by atoms with van der Waals surface area (Å²) in [5.74, 6) is 0.304. The Hall–Kier alpha value is -2.66. The number of nitrogens with one attached hydrogen (secondary N) is 2. The normalized spacial score (nSPS) is 17.5. The summed E-state index contributed by atoms with van der Waals surface area (Å²) < 4.78 is 0. The standard InChI is InChI=1S/C21H25N3O2/c1-16-8-7-13-24(14-16)15-20(25)23-19-12-6-5-11-18(19)21(26)22-17-9-3-2-4-10-17/h2-6,9-12,16H,7-8,13-15H2,1H3,(H,22,26)(H,23,25)/t16-/m1/s1. The van der Waals surface area contributed by atoms with Gasteiger partial charge in [-0.2, -0.15) is 0 Å². The maximum absolute atomic E-state index is 12.6. The van der Waals surface area contributed by atoms with E-state index in [1.54, 1.807) is 18.2 Å². The molecule has 0 bridgehead atoms. The monoisotopic (exact) mass is 351 g/mol. The fourth-order valence-electron chi connectivity index (χ4n) is 3.33. The first-order valence-electron chi connectivity index (χ1n) is 9.09. The molecule has 2 N–H and O–H groups in total. The van der Waals surface area contributed by atoms with Crippen LogP contribution in [-0.4, -0.2) is 36.3 Å². The van der Waals surface area contributed by atoms with Gasteiger partial charge in [0.2, 0.25) is 5.91 Å². The second-order valence-electron chi connectivity index (χ2n) is 6.90. The zero-order valence-corrected chi connectivity index (χ0v) is 15.1. The number of likely N-dealkylation sites (tertiary alicyclic amines) is 1. The van der Waals surface area contributed by atoms with E-state index in [-0.39, 0.29) is 11.8 Å². The van der Waals surface area contributed by atoms with Crippen LogP contribution >= 0.6 is 0 Å². The van der Waals surface area contributed by atoms with Crippen molar-refractivity contribution in [3.63, 3.8) is 0 Å². The van der Waals surface area contributed by atoms with E-state index in [2.05, 4.69) is 22.5 Å². The van der Waals surface area contributed by atoms with Gasteiger partial charge in [-0.3, -0.25) is 14.5 Å². The van der Waals surface area contributed by atoms with Crippen LogP contribution in [0.5, 0.6) is 0 Å². The maximum atomic E-state index is 12.6. The average Bonchev–Trinajstić information content (AvgIpc) is 2.63. The molecule has 26 heavy (non-hydrogen) atoms. The molecule has 0 unspecified atom stereocenters. The first kappa shape index (κ1) is 18.1. The Morgan fingerprint density at radius 1 is 1.04 bits per heavy atom. The fourth-order valence-corrected chi connectivity index (χ4v) is 3.33. The lowest BCUT2D eigenvalue weighted by atomic mass is 10.0. The molecule has 1 atom stereocenters. The average molecular weight is 351 g/mol. The topological polar surface area (TPSA) is 61.4 Å². The lowest BCUT2D eigenvalue weighted by Crippen LogP contribution is -2.39. The quantitative estimate of drug-likeness (QED) is 0.865. The van der Waals surface area contributed by atoms with Crippen LogP contribution in [0.1, 0.15) is 30.1 Å². The maximum Gasteiger partial charge on any atom is 0.257 e. The third-order valence-corrected chi connectivity index (χ3v) is 4.59. The van der Waals surface area contributed by atoms with Crippen molar-refractivity contribution >= 4 is 23.2 Å². The minimum absolute atomic E-state index is 0.0842. The van der Waals surface area contributed by atoms with Crippen LogP contribution < -0.4 is 10.6 Å². The molecule has 0 spiro atoms. The van der Waals surface area contributed by atoms with E-state index >= 15 is 0 Å². The highest BCUT2D eigenvalue weighted by atomic mass is 16.2. The van der Waals surface area contributed by atoms with Crippen molar-refractivity contribution in [2.75, 3.05) is 30.3 Å². The van der Waals surface area contributed by atoms with E-state index < -0.39 is 0 Å². The highest BCUT2D eigenvalue weighted by Crippen LogP contribution is 2.19. The summed E-state index contributed by atoms with van der Waals surface area (Å²) in [4.78, 5) is 27.2. The highest BCUT2D eigenvalue weighted by molar-refractivity contribution is 6.10. The van der Waals surface area contributed by atoms with Gasteiger partial charge in [0.15, 0.2) is 0 Å². The van der Waals surface area contributed by atoms with E-state index in [0.29, 0.717) is 23.7 Å². The molecular formula is C21H25N3O2. The molecular weight excluding hydrogens is 326 g/mol. The molecule has 5 heteroatoms. The summed E-state index contributed by atoms with van der Waals surface area (Å²) >= 11 is 0. The molecule has 1 aliphatic rings. The first-order chi connectivity index (χ1) is 12.6. The number of hydrogen-bond donors (Lipinski definition) is 2. The first-order valence-corrected chi connectivity index (χ1v) is 9.09. The third-order valence-electron chi connectivity index (χ3n) is 4.59. The van der Waals surface area contributed by atoms with Crippen LogP contribution in [0.15, 0.2) is 54.6 Å². The molecule has 0 aromatic heterocycles. The zero-order valence-electron chi connectivity index (χ0n) is 15.1. The Morgan fingerprint density at radius 2 is 1.77 bits per heavy atom. The van der Waals surface area contributed by atoms with Gasteiger partial charge in [-0.1, -0.05) is 37.3 Å². The Bertz CT molecular complexity index is 761.